The van der Waals surface area contributed by atoms with Gasteiger partial charge in [0.05, 0.1) is 19.4 Å². The molecule has 0 spiro atoms. The van der Waals surface area contributed by atoms with Crippen LogP contribution < -0.4 is 0 Å². The zero-order chi connectivity index (χ0) is 21.7. The predicted octanol–water partition coefficient (Wildman–Crippen LogP) is 3.67. The second-order valence-corrected chi connectivity index (χ2v) is 9.26. The molecule has 31 heavy (non-hydrogen) atoms. The molecule has 4 rings (SSSR count). The van der Waals surface area contributed by atoms with Gasteiger partial charge in [0, 0.05) is 18.5 Å². The van der Waals surface area contributed by atoms with Crippen molar-refractivity contribution in [2.24, 2.45) is 0 Å². The van der Waals surface area contributed by atoms with Gasteiger partial charge in [-0.2, -0.15) is 4.31 Å². The highest BCUT2D eigenvalue weighted by Crippen LogP contribution is 2.20. The second kappa shape index (κ2) is 9.32. The summed E-state index contributed by atoms with van der Waals surface area (Å²) in [6, 6.07) is 20.6. The van der Waals surface area contributed by atoms with Gasteiger partial charge in [0.2, 0.25) is 15.9 Å². The molecular formula is C24H24N2O4S. The van der Waals surface area contributed by atoms with Gasteiger partial charge >= 0.3 is 0 Å². The number of rotatable bonds is 7. The average Bonchev–Trinajstić information content (AvgIpc) is 3.31. The van der Waals surface area contributed by atoms with Crippen LogP contribution in [0.1, 0.15) is 22.5 Å². The van der Waals surface area contributed by atoms with E-state index in [0.29, 0.717) is 18.8 Å². The van der Waals surface area contributed by atoms with Crippen molar-refractivity contribution in [2.45, 2.75) is 19.5 Å². The summed E-state index contributed by atoms with van der Waals surface area (Å²) in [7, 11) is -3.85. The molecule has 2 aromatic carbocycles. The zero-order valence-electron chi connectivity index (χ0n) is 17.1. The molecule has 0 N–H and O–H groups in total. The number of sulfonamides is 1. The van der Waals surface area contributed by atoms with Crippen LogP contribution in [0.4, 0.5) is 0 Å². The highest BCUT2D eigenvalue weighted by atomic mass is 32.2. The molecule has 0 atom stereocenters. The molecule has 7 heteroatoms. The predicted molar refractivity (Wildman–Crippen MR) is 119 cm³/mol. The van der Waals surface area contributed by atoms with Crippen LogP contribution >= 0.6 is 0 Å². The first-order valence-electron chi connectivity index (χ1n) is 10.1. The zero-order valence-corrected chi connectivity index (χ0v) is 17.9. The number of carbonyl (C=O) groups excluding carboxylic acids is 1. The fourth-order valence-corrected chi connectivity index (χ4v) is 4.69. The molecule has 0 aliphatic carbocycles. The number of hydrogen-bond donors (Lipinski definition) is 0. The van der Waals surface area contributed by atoms with Crippen LogP contribution in [0, 0.1) is 0 Å². The van der Waals surface area contributed by atoms with Gasteiger partial charge in [-0.25, -0.2) is 8.42 Å². The Hall–Kier alpha value is -3.16. The number of benzene rings is 2. The second-order valence-electron chi connectivity index (χ2n) is 7.44. The van der Waals surface area contributed by atoms with Crippen molar-refractivity contribution >= 4 is 22.0 Å². The van der Waals surface area contributed by atoms with Crippen LogP contribution in [0.5, 0.6) is 0 Å². The summed E-state index contributed by atoms with van der Waals surface area (Å²) in [6.07, 6.45) is 3.79. The number of carbonyl (C=O) groups is 1. The molecule has 0 radical (unpaired) electrons. The first-order valence-corrected chi connectivity index (χ1v) is 11.6. The lowest BCUT2D eigenvalue weighted by atomic mass is 10.00. The maximum absolute atomic E-state index is 13.1. The topological polar surface area (TPSA) is 70.8 Å². The molecular weight excluding hydrogens is 412 g/mol. The van der Waals surface area contributed by atoms with E-state index >= 15 is 0 Å². The van der Waals surface area contributed by atoms with Gasteiger partial charge in [-0.3, -0.25) is 4.79 Å². The van der Waals surface area contributed by atoms with E-state index in [2.05, 4.69) is 6.07 Å². The molecule has 1 aromatic heterocycles. The summed E-state index contributed by atoms with van der Waals surface area (Å²) in [5.41, 5.74) is 3.10. The Kier molecular flexibility index (Phi) is 6.34. The molecule has 0 fully saturated rings. The SMILES string of the molecule is O=C(CN(Cc1ccco1)S(=O)(=O)C=Cc1ccccc1)N1CCc2ccccc2C1. The highest BCUT2D eigenvalue weighted by molar-refractivity contribution is 7.92. The van der Waals surface area contributed by atoms with Gasteiger partial charge < -0.3 is 9.32 Å². The quantitative estimate of drug-likeness (QED) is 0.567. The first kappa shape index (κ1) is 21.1. The summed E-state index contributed by atoms with van der Waals surface area (Å²) in [5, 5.41) is 1.14. The van der Waals surface area contributed by atoms with E-state index in [1.54, 1.807) is 17.0 Å². The summed E-state index contributed by atoms with van der Waals surface area (Å²) in [4.78, 5) is 14.7. The third kappa shape index (κ3) is 5.31. The number of furan rings is 1. The maximum atomic E-state index is 13.1. The van der Waals surface area contributed by atoms with E-state index in [4.69, 9.17) is 4.42 Å². The normalized spacial score (nSPS) is 14.2. The molecule has 1 aliphatic rings. The van der Waals surface area contributed by atoms with E-state index < -0.39 is 10.0 Å². The molecule has 0 unspecified atom stereocenters. The van der Waals surface area contributed by atoms with Crippen molar-refractivity contribution in [3.8, 4) is 0 Å². The summed E-state index contributed by atoms with van der Waals surface area (Å²) in [5.74, 6) is 0.256. The van der Waals surface area contributed by atoms with Crippen molar-refractivity contribution in [3.05, 3.63) is 101 Å². The van der Waals surface area contributed by atoms with E-state index in [1.165, 1.54) is 17.9 Å². The van der Waals surface area contributed by atoms with Crippen molar-refractivity contribution in [2.75, 3.05) is 13.1 Å². The fourth-order valence-electron chi connectivity index (χ4n) is 3.59. The standard InChI is InChI=1S/C24H24N2O4S/c27-24(25-14-12-21-9-4-5-10-22(21)17-25)19-26(18-23-11-6-15-30-23)31(28,29)16-13-20-7-2-1-3-8-20/h1-11,13,15-16H,12,14,17-19H2. The van der Waals surface area contributed by atoms with E-state index in [-0.39, 0.29) is 19.0 Å². The average molecular weight is 437 g/mol. The number of hydrogen-bond acceptors (Lipinski definition) is 4. The lowest BCUT2D eigenvalue weighted by Crippen LogP contribution is -2.43. The molecule has 1 amide bonds. The van der Waals surface area contributed by atoms with Crippen molar-refractivity contribution in [1.29, 1.82) is 0 Å². The molecule has 160 valence electrons. The van der Waals surface area contributed by atoms with E-state index in [9.17, 15) is 13.2 Å². The van der Waals surface area contributed by atoms with Gasteiger partial charge in [-0.1, -0.05) is 54.6 Å². The summed E-state index contributed by atoms with van der Waals surface area (Å²) < 4.78 is 32.6. The third-order valence-electron chi connectivity index (χ3n) is 5.30. The Morgan fingerprint density at radius 1 is 1.00 bits per heavy atom. The minimum atomic E-state index is -3.85. The summed E-state index contributed by atoms with van der Waals surface area (Å²) in [6.45, 7) is 0.808. The maximum Gasteiger partial charge on any atom is 0.238 e. The molecule has 2 heterocycles. The van der Waals surface area contributed by atoms with Gasteiger partial charge in [0.1, 0.15) is 5.76 Å². The van der Waals surface area contributed by atoms with Crippen molar-refractivity contribution in [1.82, 2.24) is 9.21 Å². The minimum absolute atomic E-state index is 0.00930. The largest absolute Gasteiger partial charge is 0.468 e. The van der Waals surface area contributed by atoms with Crippen LogP contribution in [0.15, 0.2) is 82.8 Å². The Morgan fingerprint density at radius 2 is 1.74 bits per heavy atom. The highest BCUT2D eigenvalue weighted by Gasteiger charge is 2.28. The lowest BCUT2D eigenvalue weighted by Gasteiger charge is -2.30. The smallest absolute Gasteiger partial charge is 0.238 e. The molecule has 0 saturated heterocycles. The summed E-state index contributed by atoms with van der Waals surface area (Å²) >= 11 is 0. The number of fused-ring (bicyclic) bond motifs is 1. The molecule has 1 aliphatic heterocycles. The van der Waals surface area contributed by atoms with Crippen molar-refractivity contribution < 1.29 is 17.6 Å². The van der Waals surface area contributed by atoms with Gasteiger partial charge in [0.25, 0.3) is 0 Å². The third-order valence-corrected chi connectivity index (χ3v) is 6.76. The van der Waals surface area contributed by atoms with Crippen LogP contribution in [0.3, 0.4) is 0 Å². The lowest BCUT2D eigenvalue weighted by molar-refractivity contribution is -0.132. The molecule has 0 bridgehead atoms. The fraction of sp³-hybridized carbons (Fsp3) is 0.208. The monoisotopic (exact) mass is 436 g/mol. The Balaban J connectivity index is 1.52. The molecule has 6 nitrogen and oxygen atoms in total. The molecule has 0 saturated carbocycles. The van der Waals surface area contributed by atoms with Crippen LogP contribution in [0.25, 0.3) is 6.08 Å². The Labute approximate surface area is 182 Å². The van der Waals surface area contributed by atoms with E-state index in [1.807, 2.05) is 48.5 Å². The van der Waals surface area contributed by atoms with Crippen molar-refractivity contribution in [3.63, 3.8) is 0 Å². The van der Waals surface area contributed by atoms with Crippen LogP contribution in [-0.4, -0.2) is 36.6 Å². The van der Waals surface area contributed by atoms with Crippen LogP contribution in [-0.2, 0) is 34.3 Å². The Morgan fingerprint density at radius 3 is 2.48 bits per heavy atom. The first-order chi connectivity index (χ1) is 15.0. The van der Waals surface area contributed by atoms with Gasteiger partial charge in [-0.15, -0.1) is 0 Å². The van der Waals surface area contributed by atoms with Gasteiger partial charge in [0.15, 0.2) is 0 Å². The van der Waals surface area contributed by atoms with Gasteiger partial charge in [-0.05, 0) is 41.3 Å². The van der Waals surface area contributed by atoms with Crippen LogP contribution in [0.2, 0.25) is 0 Å². The Bertz CT molecular complexity index is 1160. The number of amides is 1. The van der Waals surface area contributed by atoms with E-state index in [0.717, 1.165) is 27.3 Å². The number of nitrogens with zero attached hydrogens (tertiary/aromatic N) is 2. The minimum Gasteiger partial charge on any atom is -0.468 e. The molecule has 3 aromatic rings.